The lowest BCUT2D eigenvalue weighted by Gasteiger charge is -2.11. The Kier molecular flexibility index (Phi) is 7.02. The topological polar surface area (TPSA) is 35.5 Å². The van der Waals surface area contributed by atoms with Gasteiger partial charge in [-0.15, -0.1) is 0 Å². The van der Waals surface area contributed by atoms with E-state index in [4.69, 9.17) is 9.47 Å². The largest absolute Gasteiger partial charge is 0.497 e. The maximum atomic E-state index is 12.3. The fourth-order valence-electron chi connectivity index (χ4n) is 2.51. The predicted octanol–water partition coefficient (Wildman–Crippen LogP) is 4.83. The van der Waals surface area contributed by atoms with Gasteiger partial charge in [0.15, 0.2) is 0 Å². The Morgan fingerprint density at radius 1 is 1.08 bits per heavy atom. The van der Waals surface area contributed by atoms with Gasteiger partial charge in [0.1, 0.15) is 5.75 Å². The molecule has 0 fully saturated rings. The smallest absolute Gasteiger partial charge is 0.338 e. The molecule has 0 aliphatic carbocycles. The fourth-order valence-corrected chi connectivity index (χ4v) is 2.51. The highest BCUT2D eigenvalue weighted by Crippen LogP contribution is 2.25. The number of carbonyl (C=O) groups excluding carboxylic acids is 1. The number of hydrogen-bond donors (Lipinski definition) is 0. The highest BCUT2D eigenvalue weighted by molar-refractivity contribution is 6.05. The van der Waals surface area contributed by atoms with Crippen molar-refractivity contribution in [1.82, 2.24) is 0 Å². The highest BCUT2D eigenvalue weighted by atomic mass is 16.5. The second-order valence-corrected chi connectivity index (χ2v) is 5.57. The lowest BCUT2D eigenvalue weighted by Crippen LogP contribution is -2.09. The SMILES string of the molecule is C=C(/C(=C/CCc1ccccc1)C(=O)OCC)c1ccc(OC)cc1. The molecule has 0 amide bonds. The third kappa shape index (κ3) is 5.35. The van der Waals surface area contributed by atoms with E-state index in [0.717, 1.165) is 24.2 Å². The van der Waals surface area contributed by atoms with Crippen molar-refractivity contribution in [3.63, 3.8) is 0 Å². The van der Waals surface area contributed by atoms with Gasteiger partial charge in [-0.05, 0) is 48.6 Å². The quantitative estimate of drug-likeness (QED) is 0.393. The summed E-state index contributed by atoms with van der Waals surface area (Å²) in [5, 5.41) is 0. The van der Waals surface area contributed by atoms with Crippen LogP contribution in [0.2, 0.25) is 0 Å². The third-order valence-corrected chi connectivity index (χ3v) is 3.88. The van der Waals surface area contributed by atoms with Crippen molar-refractivity contribution in [3.05, 3.63) is 84.0 Å². The standard InChI is InChI=1S/C22H24O3/c1-4-25-22(23)21(12-8-11-18-9-6-5-7-10-18)17(2)19-13-15-20(24-3)16-14-19/h5-7,9-10,12-16H,2,4,8,11H2,1,3H3/b21-12-. The molecule has 0 N–H and O–H groups in total. The van der Waals surface area contributed by atoms with Crippen molar-refractivity contribution in [3.8, 4) is 5.75 Å². The summed E-state index contributed by atoms with van der Waals surface area (Å²) in [6.45, 7) is 6.24. The van der Waals surface area contributed by atoms with Crippen LogP contribution in [0, 0.1) is 0 Å². The van der Waals surface area contributed by atoms with Crippen molar-refractivity contribution >= 4 is 11.5 Å². The maximum Gasteiger partial charge on any atom is 0.338 e. The van der Waals surface area contributed by atoms with Crippen LogP contribution in [-0.4, -0.2) is 19.7 Å². The lowest BCUT2D eigenvalue weighted by atomic mass is 9.97. The molecule has 0 heterocycles. The molecule has 0 spiro atoms. The van der Waals surface area contributed by atoms with E-state index in [-0.39, 0.29) is 5.97 Å². The Morgan fingerprint density at radius 3 is 2.36 bits per heavy atom. The molecule has 0 aromatic heterocycles. The Labute approximate surface area is 149 Å². The first-order chi connectivity index (χ1) is 12.2. The molecule has 0 aliphatic rings. The van der Waals surface area contributed by atoms with Gasteiger partial charge in [-0.2, -0.15) is 0 Å². The molecule has 0 saturated carbocycles. The van der Waals surface area contributed by atoms with Crippen LogP contribution in [0.4, 0.5) is 0 Å². The van der Waals surface area contributed by atoms with E-state index in [9.17, 15) is 4.79 Å². The molecule has 0 unspecified atom stereocenters. The van der Waals surface area contributed by atoms with Crippen molar-refractivity contribution in [2.45, 2.75) is 19.8 Å². The van der Waals surface area contributed by atoms with Crippen molar-refractivity contribution < 1.29 is 14.3 Å². The average Bonchev–Trinajstić information content (AvgIpc) is 2.66. The minimum absolute atomic E-state index is 0.337. The van der Waals surface area contributed by atoms with Gasteiger partial charge in [0.25, 0.3) is 0 Å². The van der Waals surface area contributed by atoms with E-state index in [1.807, 2.05) is 48.5 Å². The number of aryl methyl sites for hydroxylation is 1. The van der Waals surface area contributed by atoms with E-state index in [1.54, 1.807) is 14.0 Å². The maximum absolute atomic E-state index is 12.3. The Bertz CT molecular complexity index is 728. The number of rotatable bonds is 8. The van der Waals surface area contributed by atoms with Gasteiger partial charge in [-0.3, -0.25) is 0 Å². The first-order valence-electron chi connectivity index (χ1n) is 8.40. The number of benzene rings is 2. The van der Waals surface area contributed by atoms with Gasteiger partial charge in [0.05, 0.1) is 19.3 Å². The minimum atomic E-state index is -0.337. The fraction of sp³-hybridized carbons (Fsp3) is 0.227. The van der Waals surface area contributed by atoms with Crippen molar-refractivity contribution in [1.29, 1.82) is 0 Å². The van der Waals surface area contributed by atoms with Crippen LogP contribution in [0.1, 0.15) is 24.5 Å². The molecule has 2 rings (SSSR count). The first-order valence-corrected chi connectivity index (χ1v) is 8.40. The minimum Gasteiger partial charge on any atom is -0.497 e. The van der Waals surface area contributed by atoms with E-state index < -0.39 is 0 Å². The second kappa shape index (κ2) is 9.48. The summed E-state index contributed by atoms with van der Waals surface area (Å²) < 4.78 is 10.4. The van der Waals surface area contributed by atoms with Crippen LogP contribution in [-0.2, 0) is 16.0 Å². The zero-order valence-corrected chi connectivity index (χ0v) is 14.8. The molecular formula is C22H24O3. The number of carbonyl (C=O) groups is 1. The molecule has 0 saturated heterocycles. The van der Waals surface area contributed by atoms with Crippen LogP contribution < -0.4 is 4.74 Å². The average molecular weight is 336 g/mol. The van der Waals surface area contributed by atoms with Gasteiger partial charge < -0.3 is 9.47 Å². The number of allylic oxidation sites excluding steroid dienone is 1. The third-order valence-electron chi connectivity index (χ3n) is 3.88. The van der Waals surface area contributed by atoms with Crippen molar-refractivity contribution in [2.75, 3.05) is 13.7 Å². The molecule has 2 aromatic rings. The molecule has 3 nitrogen and oxygen atoms in total. The predicted molar refractivity (Wildman–Crippen MR) is 102 cm³/mol. The molecular weight excluding hydrogens is 312 g/mol. The summed E-state index contributed by atoms with van der Waals surface area (Å²) in [5.74, 6) is 0.429. The molecule has 2 aromatic carbocycles. The monoisotopic (exact) mass is 336 g/mol. The summed E-state index contributed by atoms with van der Waals surface area (Å²) in [7, 11) is 1.62. The van der Waals surface area contributed by atoms with Crippen LogP contribution in [0.5, 0.6) is 5.75 Å². The Balaban J connectivity index is 2.17. The number of hydrogen-bond acceptors (Lipinski definition) is 3. The van der Waals surface area contributed by atoms with Crippen LogP contribution in [0.15, 0.2) is 72.8 Å². The summed E-state index contributed by atoms with van der Waals surface area (Å²) >= 11 is 0. The molecule has 130 valence electrons. The zero-order valence-electron chi connectivity index (χ0n) is 14.8. The molecule has 3 heteroatoms. The molecule has 25 heavy (non-hydrogen) atoms. The number of esters is 1. The zero-order chi connectivity index (χ0) is 18.1. The molecule has 0 aliphatic heterocycles. The van der Waals surface area contributed by atoms with Crippen LogP contribution in [0.25, 0.3) is 5.57 Å². The van der Waals surface area contributed by atoms with Gasteiger partial charge >= 0.3 is 5.97 Å². The van der Waals surface area contributed by atoms with Crippen molar-refractivity contribution in [2.24, 2.45) is 0 Å². The summed E-state index contributed by atoms with van der Waals surface area (Å²) in [6, 6.07) is 17.7. The molecule has 0 radical (unpaired) electrons. The summed E-state index contributed by atoms with van der Waals surface area (Å²) in [4.78, 5) is 12.3. The van der Waals surface area contributed by atoms with E-state index >= 15 is 0 Å². The van der Waals surface area contributed by atoms with Gasteiger partial charge in [0, 0.05) is 0 Å². The first kappa shape index (κ1) is 18.5. The number of ether oxygens (including phenoxy) is 2. The second-order valence-electron chi connectivity index (χ2n) is 5.57. The van der Waals surface area contributed by atoms with Gasteiger partial charge in [-0.1, -0.05) is 55.1 Å². The van der Waals surface area contributed by atoms with E-state index in [1.165, 1.54) is 5.56 Å². The summed E-state index contributed by atoms with van der Waals surface area (Å²) in [6.07, 6.45) is 3.52. The van der Waals surface area contributed by atoms with Crippen LogP contribution in [0.3, 0.4) is 0 Å². The van der Waals surface area contributed by atoms with Gasteiger partial charge in [0.2, 0.25) is 0 Å². The van der Waals surface area contributed by atoms with Gasteiger partial charge in [-0.25, -0.2) is 4.79 Å². The Morgan fingerprint density at radius 2 is 1.76 bits per heavy atom. The van der Waals surface area contributed by atoms with Crippen LogP contribution >= 0.6 is 0 Å². The molecule has 0 atom stereocenters. The lowest BCUT2D eigenvalue weighted by molar-refractivity contribution is -0.138. The Hall–Kier alpha value is -2.81. The van der Waals surface area contributed by atoms with E-state index in [2.05, 4.69) is 18.7 Å². The van der Waals surface area contributed by atoms with E-state index in [0.29, 0.717) is 17.8 Å². The highest BCUT2D eigenvalue weighted by Gasteiger charge is 2.15. The summed E-state index contributed by atoms with van der Waals surface area (Å²) in [5.41, 5.74) is 3.29. The number of methoxy groups -OCH3 is 1. The normalized spacial score (nSPS) is 11.0. The molecule has 0 bridgehead atoms.